The lowest BCUT2D eigenvalue weighted by Crippen LogP contribution is -2.32. The van der Waals surface area contributed by atoms with E-state index in [2.05, 4.69) is 39.7 Å². The molecule has 1 aromatic carbocycles. The van der Waals surface area contributed by atoms with E-state index in [9.17, 15) is 18.0 Å². The molecule has 0 spiro atoms. The fraction of sp³-hybridized carbons (Fsp3) is 0.0909. The van der Waals surface area contributed by atoms with Crippen molar-refractivity contribution in [2.45, 2.75) is 13.1 Å². The topological polar surface area (TPSA) is 124 Å². The number of halogens is 3. The Balaban J connectivity index is 1.69. The number of anilines is 1. The van der Waals surface area contributed by atoms with Crippen LogP contribution < -0.4 is 16.4 Å². The maximum atomic E-state index is 14.0. The van der Waals surface area contributed by atoms with E-state index >= 15 is 0 Å². The number of hydrogen-bond acceptors (Lipinski definition) is 7. The number of carbonyl (C=O) groups excluding carboxylic acids is 1. The number of rotatable bonds is 5. The van der Waals surface area contributed by atoms with E-state index in [4.69, 9.17) is 5.73 Å². The van der Waals surface area contributed by atoms with Crippen LogP contribution in [0.5, 0.6) is 0 Å². The van der Waals surface area contributed by atoms with Gasteiger partial charge in [-0.15, -0.1) is 14.0 Å². The maximum Gasteiger partial charge on any atom is 0.434 e. The Bertz CT molecular complexity index is 1470. The third-order valence-electron chi connectivity index (χ3n) is 4.90. The molecule has 3 N–H and O–H groups in total. The van der Waals surface area contributed by atoms with Gasteiger partial charge < -0.3 is 11.1 Å². The van der Waals surface area contributed by atoms with Crippen LogP contribution in [0.3, 0.4) is 0 Å². The summed E-state index contributed by atoms with van der Waals surface area (Å²) in [7, 11) is 2.40. The van der Waals surface area contributed by atoms with Gasteiger partial charge >= 0.3 is 6.18 Å². The molecule has 1 atom stereocenters. The molecule has 0 aliphatic heterocycles. The van der Waals surface area contributed by atoms with Crippen LogP contribution in [0.15, 0.2) is 71.9 Å². The number of amides is 1. The normalized spacial score (nSPS) is 12.7. The van der Waals surface area contributed by atoms with Gasteiger partial charge in [0.05, 0.1) is 41.7 Å². The fourth-order valence-electron chi connectivity index (χ4n) is 3.30. The molecule has 3 heterocycles. The highest BCUT2D eigenvalue weighted by Crippen LogP contribution is 2.31. The first-order valence-electron chi connectivity index (χ1n) is 10.0. The molecular weight excluding hydrogens is 480 g/mol. The zero-order valence-corrected chi connectivity index (χ0v) is 19.3. The molecule has 3 aromatic heterocycles. The van der Waals surface area contributed by atoms with Gasteiger partial charge in [0, 0.05) is 28.0 Å². The SMILES string of the molecule is Cc1ncc(N=C(C(=CN)C(=O)Nc2cnc(-n3nccn3)c(P)c2)C(F)(F)F)c2ccccc12. The van der Waals surface area contributed by atoms with Crippen LogP contribution in [0.2, 0.25) is 0 Å². The highest BCUT2D eigenvalue weighted by Gasteiger charge is 2.40. The number of aromatic nitrogens is 5. The highest BCUT2D eigenvalue weighted by atomic mass is 31.0. The zero-order valence-electron chi connectivity index (χ0n) is 18.2. The second-order valence-electron chi connectivity index (χ2n) is 7.22. The molecule has 0 saturated carbocycles. The molecule has 0 bridgehead atoms. The minimum absolute atomic E-state index is 0.0457. The average Bonchev–Trinajstić information content (AvgIpc) is 3.34. The van der Waals surface area contributed by atoms with Crippen LogP contribution in [0.1, 0.15) is 5.69 Å². The van der Waals surface area contributed by atoms with Gasteiger partial charge in [-0.2, -0.15) is 23.4 Å². The number of nitrogens with two attached hydrogens (primary N) is 1. The summed E-state index contributed by atoms with van der Waals surface area (Å²) < 4.78 is 42.1. The van der Waals surface area contributed by atoms with E-state index in [0.717, 1.165) is 0 Å². The van der Waals surface area contributed by atoms with E-state index in [0.29, 0.717) is 33.8 Å². The minimum atomic E-state index is -4.98. The van der Waals surface area contributed by atoms with Gasteiger partial charge in [-0.1, -0.05) is 24.3 Å². The van der Waals surface area contributed by atoms with E-state index in [1.54, 1.807) is 31.2 Å². The summed E-state index contributed by atoms with van der Waals surface area (Å²) in [5, 5.41) is 11.9. The molecule has 9 nitrogen and oxygen atoms in total. The standard InChI is InChI=1S/C22H18F3N8OP/c1-12-14-4-2-3-5-15(14)17(11-27-12)32-19(22(23,24)25)16(9-26)21(34)31-13-8-18(35)20(28-10-13)33-29-6-7-30-33/h2-11H,26,35H2,1H3,(H,31,34). The number of nitrogens with zero attached hydrogens (tertiary/aromatic N) is 6. The van der Waals surface area contributed by atoms with Gasteiger partial charge in [0.25, 0.3) is 5.91 Å². The van der Waals surface area contributed by atoms with Crippen molar-refractivity contribution in [1.29, 1.82) is 0 Å². The van der Waals surface area contributed by atoms with Crippen LogP contribution in [-0.4, -0.2) is 42.8 Å². The lowest BCUT2D eigenvalue weighted by molar-refractivity contribution is -0.113. The first kappa shape index (κ1) is 24.0. The van der Waals surface area contributed by atoms with E-state index in [1.807, 2.05) is 0 Å². The van der Waals surface area contributed by atoms with Gasteiger partial charge in [-0.25, -0.2) is 9.98 Å². The van der Waals surface area contributed by atoms with Crippen molar-refractivity contribution >= 4 is 48.3 Å². The molecular formula is C22H18F3N8OP. The summed E-state index contributed by atoms with van der Waals surface area (Å²) in [6, 6.07) is 8.27. The first-order valence-corrected chi connectivity index (χ1v) is 10.6. The van der Waals surface area contributed by atoms with E-state index < -0.39 is 23.4 Å². The zero-order chi connectivity index (χ0) is 25.2. The molecule has 35 heavy (non-hydrogen) atoms. The third kappa shape index (κ3) is 5.02. The molecule has 0 aliphatic rings. The van der Waals surface area contributed by atoms with Crippen molar-refractivity contribution in [1.82, 2.24) is 25.0 Å². The second kappa shape index (κ2) is 9.59. The third-order valence-corrected chi connectivity index (χ3v) is 5.33. The Hall–Kier alpha value is -4.18. The smallest absolute Gasteiger partial charge is 0.404 e. The van der Waals surface area contributed by atoms with E-state index in [1.165, 1.54) is 35.7 Å². The maximum absolute atomic E-state index is 14.0. The molecule has 4 aromatic rings. The fourth-order valence-corrected chi connectivity index (χ4v) is 3.67. The van der Waals surface area contributed by atoms with Crippen molar-refractivity contribution in [3.05, 3.63) is 72.6 Å². The highest BCUT2D eigenvalue weighted by molar-refractivity contribution is 7.27. The van der Waals surface area contributed by atoms with E-state index in [-0.39, 0.29) is 11.4 Å². The quantitative estimate of drug-likeness (QED) is 0.248. The monoisotopic (exact) mass is 498 g/mol. The Morgan fingerprint density at radius 3 is 2.46 bits per heavy atom. The van der Waals surface area contributed by atoms with Crippen molar-refractivity contribution in [2.75, 3.05) is 5.32 Å². The molecule has 13 heteroatoms. The number of fused-ring (bicyclic) bond motifs is 1. The largest absolute Gasteiger partial charge is 0.434 e. The summed E-state index contributed by atoms with van der Waals surface area (Å²) in [5.41, 5.74) is 3.89. The lowest BCUT2D eigenvalue weighted by atomic mass is 10.1. The van der Waals surface area contributed by atoms with Crippen LogP contribution >= 0.6 is 9.24 Å². The summed E-state index contributed by atoms with van der Waals surface area (Å²) >= 11 is 0. The molecule has 1 unspecified atom stereocenters. The summed E-state index contributed by atoms with van der Waals surface area (Å²) in [6.07, 6.45) is 1.01. The first-order chi connectivity index (χ1) is 16.7. The van der Waals surface area contributed by atoms with Crippen LogP contribution in [-0.2, 0) is 4.79 Å². The number of nitrogens with one attached hydrogen (secondary N) is 1. The van der Waals surface area contributed by atoms with Crippen LogP contribution in [0.4, 0.5) is 24.5 Å². The van der Waals surface area contributed by atoms with Gasteiger partial charge in [0.15, 0.2) is 11.5 Å². The molecule has 0 fully saturated rings. The van der Waals surface area contributed by atoms with Crippen molar-refractivity contribution in [3.8, 4) is 5.82 Å². The predicted molar refractivity (Wildman–Crippen MR) is 129 cm³/mol. The Morgan fingerprint density at radius 1 is 1.14 bits per heavy atom. The Kier molecular flexibility index (Phi) is 6.57. The summed E-state index contributed by atoms with van der Waals surface area (Å²) in [4.78, 5) is 26.2. The van der Waals surface area contributed by atoms with Gasteiger partial charge in [0.2, 0.25) is 0 Å². The molecule has 0 saturated heterocycles. The van der Waals surface area contributed by atoms with Gasteiger partial charge in [-0.05, 0) is 13.0 Å². The second-order valence-corrected chi connectivity index (χ2v) is 7.84. The minimum Gasteiger partial charge on any atom is -0.404 e. The summed E-state index contributed by atoms with van der Waals surface area (Å²) in [5.74, 6) is -0.743. The van der Waals surface area contributed by atoms with Crippen LogP contribution in [0, 0.1) is 6.92 Å². The number of aryl methyl sites for hydroxylation is 1. The van der Waals surface area contributed by atoms with Gasteiger partial charge in [0.1, 0.15) is 0 Å². The Morgan fingerprint density at radius 2 is 1.83 bits per heavy atom. The van der Waals surface area contributed by atoms with Crippen molar-refractivity contribution in [3.63, 3.8) is 0 Å². The average molecular weight is 498 g/mol. The molecule has 0 aliphatic carbocycles. The number of carbonyl (C=O) groups is 1. The number of alkyl halides is 3. The van der Waals surface area contributed by atoms with Crippen molar-refractivity contribution < 1.29 is 18.0 Å². The molecule has 178 valence electrons. The number of hydrogen-bond donors (Lipinski definition) is 2. The van der Waals surface area contributed by atoms with Gasteiger partial charge in [-0.3, -0.25) is 9.78 Å². The molecule has 4 rings (SSSR count). The predicted octanol–water partition coefficient (Wildman–Crippen LogP) is 3.14. The Labute approximate surface area is 199 Å². The number of benzene rings is 1. The van der Waals surface area contributed by atoms with Crippen LogP contribution in [0.25, 0.3) is 16.6 Å². The van der Waals surface area contributed by atoms with Crippen molar-refractivity contribution in [2.24, 2.45) is 10.7 Å². The molecule has 0 radical (unpaired) electrons. The number of aliphatic imine (C=N–C) groups is 1. The number of pyridine rings is 2. The summed E-state index contributed by atoms with van der Waals surface area (Å²) in [6.45, 7) is 1.74. The molecule has 1 amide bonds. The lowest BCUT2D eigenvalue weighted by Gasteiger charge is -2.15.